The normalized spacial score (nSPS) is 14.8. The first-order valence-corrected chi connectivity index (χ1v) is 40.5. The molecule has 18 heteroatoms. The molecule has 0 rings (SSSR count). The number of rotatable bonds is 70. The zero-order valence-corrected chi connectivity index (χ0v) is 62.2. The van der Waals surface area contributed by atoms with Crippen molar-refractivity contribution in [3.8, 4) is 0 Å². The smallest absolute Gasteiger partial charge is 0.463 e. The van der Waals surface area contributed by atoms with Gasteiger partial charge in [-0.3, -0.25) is 32.5 Å². The van der Waals surface area contributed by atoms with Crippen LogP contribution in [0.15, 0.2) is 134 Å². The molecule has 97 heavy (non-hydrogen) atoms. The van der Waals surface area contributed by atoms with Gasteiger partial charge in [0.15, 0.2) is 6.10 Å². The molecule has 0 aromatic rings. The molecule has 0 amide bonds. The van der Waals surface area contributed by atoms with Gasteiger partial charge in [0.05, 0.1) is 26.4 Å². The molecule has 0 bridgehead atoms. The summed E-state index contributed by atoms with van der Waals surface area (Å²) in [6.45, 7) is 2.41. The molecule has 0 saturated carbocycles. The molecule has 0 aromatic carbocycles. The Morgan fingerprint density at radius 3 is 0.876 bits per heavy atom. The van der Waals surface area contributed by atoms with Crippen LogP contribution in [-0.2, 0) is 55.8 Å². The maximum absolute atomic E-state index is 12.9. The molecule has 0 saturated heterocycles. The maximum Gasteiger partial charge on any atom is 0.472 e. The van der Waals surface area contributed by atoms with Gasteiger partial charge in [-0.1, -0.05) is 270 Å². The molecule has 0 aliphatic carbocycles. The van der Waals surface area contributed by atoms with Crippen molar-refractivity contribution in [2.75, 3.05) is 39.6 Å². The van der Waals surface area contributed by atoms with Crippen LogP contribution in [0.4, 0.5) is 0 Å². The lowest BCUT2D eigenvalue weighted by Crippen LogP contribution is -2.30. The fourth-order valence-electron chi connectivity index (χ4n) is 9.68. The summed E-state index contributed by atoms with van der Waals surface area (Å²) in [6, 6.07) is 0. The van der Waals surface area contributed by atoms with E-state index >= 15 is 0 Å². The summed E-state index contributed by atoms with van der Waals surface area (Å²) < 4.78 is 61.0. The molecular formula is C79H134O16P2. The molecule has 16 nitrogen and oxygen atoms in total. The Bertz CT molecular complexity index is 2300. The monoisotopic (exact) mass is 1400 g/mol. The summed E-state index contributed by atoms with van der Waals surface area (Å²) in [5, 5.41) is 20.6. The van der Waals surface area contributed by atoms with Crippen molar-refractivity contribution in [1.82, 2.24) is 0 Å². The highest BCUT2D eigenvalue weighted by atomic mass is 31.2. The first-order chi connectivity index (χ1) is 47.2. The molecule has 0 aliphatic heterocycles. The van der Waals surface area contributed by atoms with Crippen molar-refractivity contribution < 1.29 is 75.8 Å². The van der Waals surface area contributed by atoms with Gasteiger partial charge >= 0.3 is 33.6 Å². The highest BCUT2D eigenvalue weighted by molar-refractivity contribution is 7.47. The standard InChI is InChI=1S/C79H134O16P2/c1-4-7-10-13-16-19-22-25-28-30-32-33-34-35-36-37-38-39-41-43-45-47-50-53-56-59-62-65-77(82)89-68-74(80)69-91-96(85,86)92-70-75(81)71-93-97(87,88)94-73-76(95-79(84)67-64-61-58-55-52-49-44-27-24-21-18-15-12-9-6-3)72-90-78(83)66-63-60-57-54-51-48-46-42-40-31-29-26-23-20-17-14-11-8-5-2/h7-8,10-11,16-17,19-20,25-29,32-33,35-36,38-40,42,44,74-76,80-81H,4-6,9,12-15,18,21-24,30-31,34,37,41,43,45-73H2,1-3H3,(H,85,86)(H,87,88)/b10-7-,11-8-,19-16-,20-17-,28-25-,29-26-,33-32-,36-35-,39-38-,42-40-,44-27-. The van der Waals surface area contributed by atoms with Crippen LogP contribution < -0.4 is 0 Å². The molecule has 5 unspecified atom stereocenters. The van der Waals surface area contributed by atoms with E-state index in [4.69, 9.17) is 32.3 Å². The summed E-state index contributed by atoms with van der Waals surface area (Å²) in [5.74, 6) is -1.61. The SMILES string of the molecule is CC/C=C\C/C=C\C/C=C\C/C=C\C/C=C\C/C=C\CCCCCCCCCCC(=O)OCC(O)COP(=O)(O)OCC(O)COP(=O)(O)OCC(COC(=O)CCCCCCCC/C=C\C/C=C\C/C=C\C/C=C\CC)OC(=O)CCCCCCC/C=C\CCCCCCCC. The van der Waals surface area contributed by atoms with Crippen molar-refractivity contribution in [3.63, 3.8) is 0 Å². The molecule has 0 radical (unpaired) electrons. The van der Waals surface area contributed by atoms with E-state index in [1.54, 1.807) is 0 Å². The van der Waals surface area contributed by atoms with Crippen LogP contribution in [-0.4, -0.2) is 95.9 Å². The molecule has 0 fully saturated rings. The predicted octanol–water partition coefficient (Wildman–Crippen LogP) is 21.5. The molecular weight excluding hydrogens is 1270 g/mol. The number of hydrogen-bond donors (Lipinski definition) is 4. The molecule has 0 aromatic heterocycles. The number of aliphatic hydroxyl groups excluding tert-OH is 2. The van der Waals surface area contributed by atoms with E-state index < -0.39 is 91.5 Å². The fraction of sp³-hybridized carbons (Fsp3) is 0.684. The third kappa shape index (κ3) is 72.8. The average Bonchev–Trinajstić information content (AvgIpc) is 1.86. The molecule has 556 valence electrons. The van der Waals surface area contributed by atoms with Gasteiger partial charge in [-0.05, 0) is 135 Å². The summed E-state index contributed by atoms with van der Waals surface area (Å²) in [5.41, 5.74) is 0. The molecule has 4 N–H and O–H groups in total. The van der Waals surface area contributed by atoms with Gasteiger partial charge in [0.1, 0.15) is 25.4 Å². The predicted molar refractivity (Wildman–Crippen MR) is 399 cm³/mol. The Hall–Kier alpha value is -4.31. The highest BCUT2D eigenvalue weighted by Gasteiger charge is 2.29. The summed E-state index contributed by atoms with van der Waals surface area (Å²) in [6.07, 6.45) is 84.9. The van der Waals surface area contributed by atoms with E-state index in [1.807, 2.05) is 0 Å². The van der Waals surface area contributed by atoms with Crippen molar-refractivity contribution >= 4 is 33.6 Å². The first kappa shape index (κ1) is 92.7. The first-order valence-electron chi connectivity index (χ1n) is 37.5. The molecule has 0 heterocycles. The van der Waals surface area contributed by atoms with Crippen molar-refractivity contribution in [2.45, 2.75) is 309 Å². The Labute approximate surface area is 588 Å². The minimum Gasteiger partial charge on any atom is -0.463 e. The van der Waals surface area contributed by atoms with Gasteiger partial charge < -0.3 is 34.2 Å². The van der Waals surface area contributed by atoms with E-state index in [2.05, 4.69) is 154 Å². The summed E-state index contributed by atoms with van der Waals surface area (Å²) in [4.78, 5) is 58.5. The van der Waals surface area contributed by atoms with E-state index in [0.29, 0.717) is 19.3 Å². The lowest BCUT2D eigenvalue weighted by Gasteiger charge is -2.21. The zero-order valence-electron chi connectivity index (χ0n) is 60.5. The lowest BCUT2D eigenvalue weighted by molar-refractivity contribution is -0.161. The van der Waals surface area contributed by atoms with Gasteiger partial charge in [-0.15, -0.1) is 0 Å². The van der Waals surface area contributed by atoms with Crippen molar-refractivity contribution in [3.05, 3.63) is 134 Å². The van der Waals surface area contributed by atoms with Crippen molar-refractivity contribution in [1.29, 1.82) is 0 Å². The largest absolute Gasteiger partial charge is 0.472 e. The van der Waals surface area contributed by atoms with Crippen LogP contribution >= 0.6 is 15.6 Å². The minimum atomic E-state index is -4.94. The summed E-state index contributed by atoms with van der Waals surface area (Å²) in [7, 11) is -9.80. The van der Waals surface area contributed by atoms with E-state index in [1.165, 1.54) is 57.8 Å². The molecule has 5 atom stereocenters. The Balaban J connectivity index is 4.59. The third-order valence-electron chi connectivity index (χ3n) is 15.3. The molecule has 0 aliphatic rings. The van der Waals surface area contributed by atoms with Crippen LogP contribution in [0.25, 0.3) is 0 Å². The van der Waals surface area contributed by atoms with Crippen LogP contribution in [0.3, 0.4) is 0 Å². The number of allylic oxidation sites excluding steroid dienone is 22. The number of esters is 3. The Morgan fingerprint density at radius 2 is 0.546 bits per heavy atom. The van der Waals surface area contributed by atoms with Crippen LogP contribution in [0, 0.1) is 0 Å². The number of carbonyl (C=O) groups is 3. The number of aliphatic hydroxyl groups is 2. The second kappa shape index (κ2) is 71.5. The lowest BCUT2D eigenvalue weighted by atomic mass is 10.1. The van der Waals surface area contributed by atoms with Gasteiger partial charge in [-0.25, -0.2) is 9.13 Å². The minimum absolute atomic E-state index is 0.0890. The average molecular weight is 1400 g/mol. The third-order valence-corrected chi connectivity index (χ3v) is 17.2. The number of unbranched alkanes of at least 4 members (excludes halogenated alkanes) is 25. The number of carbonyl (C=O) groups excluding carboxylic acids is 3. The van der Waals surface area contributed by atoms with Crippen LogP contribution in [0.2, 0.25) is 0 Å². The highest BCUT2D eigenvalue weighted by Crippen LogP contribution is 2.45. The fourth-order valence-corrected chi connectivity index (χ4v) is 11.3. The number of phosphoric acid groups is 2. The van der Waals surface area contributed by atoms with E-state index in [0.717, 1.165) is 173 Å². The van der Waals surface area contributed by atoms with Gasteiger partial charge in [0.25, 0.3) is 0 Å². The van der Waals surface area contributed by atoms with Gasteiger partial charge in [0, 0.05) is 19.3 Å². The zero-order chi connectivity index (χ0) is 70.9. The Kier molecular flexibility index (Phi) is 68.3. The summed E-state index contributed by atoms with van der Waals surface area (Å²) >= 11 is 0. The van der Waals surface area contributed by atoms with E-state index in [9.17, 15) is 43.5 Å². The number of hydrogen-bond acceptors (Lipinski definition) is 14. The second-order valence-electron chi connectivity index (χ2n) is 24.7. The Morgan fingerprint density at radius 1 is 0.299 bits per heavy atom. The van der Waals surface area contributed by atoms with Crippen molar-refractivity contribution in [2.24, 2.45) is 0 Å². The van der Waals surface area contributed by atoms with E-state index in [-0.39, 0.29) is 19.3 Å². The number of phosphoric ester groups is 2. The van der Waals surface area contributed by atoms with Gasteiger partial charge in [0.2, 0.25) is 0 Å². The van der Waals surface area contributed by atoms with Crippen LogP contribution in [0.5, 0.6) is 0 Å². The molecule has 0 spiro atoms. The second-order valence-corrected chi connectivity index (χ2v) is 27.6. The number of ether oxygens (including phenoxy) is 3. The topological polar surface area (TPSA) is 231 Å². The van der Waals surface area contributed by atoms with Crippen LogP contribution in [0.1, 0.15) is 290 Å². The maximum atomic E-state index is 12.9. The quantitative estimate of drug-likeness (QED) is 0.0146. The van der Waals surface area contributed by atoms with Gasteiger partial charge in [-0.2, -0.15) is 0 Å².